The lowest BCUT2D eigenvalue weighted by atomic mass is 10.00. The Morgan fingerprint density at radius 2 is 2.16 bits per heavy atom. The standard InChI is InChI=1S/C18H17F4N7O2/c1-10(29-5-4-14(27-28-23)18(21,22)9-29)17(30)26-15-7-25-16(8-24-15)31-13-3-2-11(19)6-12(13)20/h2-3,6-8,10,14H,4-5,9H2,1H3,(H,24,26,30). The van der Waals surface area contributed by atoms with Crippen molar-refractivity contribution >= 4 is 11.7 Å². The van der Waals surface area contributed by atoms with E-state index < -0.39 is 42.1 Å². The molecule has 2 heterocycles. The molecule has 31 heavy (non-hydrogen) atoms. The van der Waals surface area contributed by atoms with Crippen LogP contribution in [0.4, 0.5) is 23.4 Å². The molecule has 3 rings (SSSR count). The lowest BCUT2D eigenvalue weighted by Gasteiger charge is -2.38. The van der Waals surface area contributed by atoms with Crippen molar-refractivity contribution in [2.75, 3.05) is 18.4 Å². The summed E-state index contributed by atoms with van der Waals surface area (Å²) < 4.78 is 59.9. The quantitative estimate of drug-likeness (QED) is 0.317. The van der Waals surface area contributed by atoms with Gasteiger partial charge in [-0.25, -0.2) is 27.5 Å². The Balaban J connectivity index is 1.59. The van der Waals surface area contributed by atoms with E-state index in [-0.39, 0.29) is 30.4 Å². The predicted octanol–water partition coefficient (Wildman–Crippen LogP) is 3.89. The first-order valence-corrected chi connectivity index (χ1v) is 9.11. The van der Waals surface area contributed by atoms with Gasteiger partial charge in [0.25, 0.3) is 5.92 Å². The van der Waals surface area contributed by atoms with Gasteiger partial charge in [0.15, 0.2) is 17.4 Å². The molecule has 1 aromatic carbocycles. The maximum Gasteiger partial charge on any atom is 0.269 e. The van der Waals surface area contributed by atoms with Crippen LogP contribution in [-0.4, -0.2) is 51.9 Å². The molecular weight excluding hydrogens is 422 g/mol. The van der Waals surface area contributed by atoms with Crippen LogP contribution in [0, 0.1) is 11.6 Å². The molecular formula is C18H17F4N7O2. The van der Waals surface area contributed by atoms with Crippen LogP contribution in [-0.2, 0) is 4.79 Å². The molecule has 0 bridgehead atoms. The number of benzene rings is 1. The summed E-state index contributed by atoms with van der Waals surface area (Å²) >= 11 is 0. The van der Waals surface area contributed by atoms with Crippen molar-refractivity contribution in [2.24, 2.45) is 5.11 Å². The Bertz CT molecular complexity index is 999. The van der Waals surface area contributed by atoms with E-state index in [4.69, 9.17) is 10.3 Å². The van der Waals surface area contributed by atoms with Gasteiger partial charge < -0.3 is 10.1 Å². The molecule has 2 unspecified atom stereocenters. The molecule has 1 N–H and O–H groups in total. The Hall–Kier alpha value is -3.44. The molecule has 1 saturated heterocycles. The first-order valence-electron chi connectivity index (χ1n) is 9.11. The number of hydrogen-bond donors (Lipinski definition) is 1. The van der Waals surface area contributed by atoms with Crippen LogP contribution >= 0.6 is 0 Å². The number of nitrogens with zero attached hydrogens (tertiary/aromatic N) is 6. The van der Waals surface area contributed by atoms with E-state index >= 15 is 0 Å². The maximum absolute atomic E-state index is 14.1. The van der Waals surface area contributed by atoms with Gasteiger partial charge in [-0.2, -0.15) is 0 Å². The van der Waals surface area contributed by atoms with Crippen LogP contribution in [0.25, 0.3) is 10.4 Å². The van der Waals surface area contributed by atoms with Gasteiger partial charge in [0.2, 0.25) is 11.8 Å². The molecule has 13 heteroatoms. The summed E-state index contributed by atoms with van der Waals surface area (Å²) in [6.07, 6.45) is 2.17. The van der Waals surface area contributed by atoms with Gasteiger partial charge in [-0.15, -0.1) is 0 Å². The zero-order valence-corrected chi connectivity index (χ0v) is 16.2. The van der Waals surface area contributed by atoms with E-state index in [1.165, 1.54) is 11.8 Å². The van der Waals surface area contributed by atoms with Gasteiger partial charge >= 0.3 is 0 Å². The lowest BCUT2D eigenvalue weighted by Crippen LogP contribution is -2.55. The maximum atomic E-state index is 14.1. The molecule has 0 saturated carbocycles. The van der Waals surface area contributed by atoms with Crippen LogP contribution in [0.5, 0.6) is 11.6 Å². The van der Waals surface area contributed by atoms with E-state index in [0.717, 1.165) is 24.5 Å². The SMILES string of the molecule is CC(C(=O)Nc1cnc(Oc2ccc(F)cc2F)cn1)N1CCC(N=[N+]=[N-])C(F)(F)C1. The highest BCUT2D eigenvalue weighted by Crippen LogP contribution is 2.31. The van der Waals surface area contributed by atoms with E-state index in [0.29, 0.717) is 6.07 Å². The number of nitrogens with one attached hydrogen (secondary N) is 1. The fourth-order valence-corrected chi connectivity index (χ4v) is 2.99. The van der Waals surface area contributed by atoms with Gasteiger partial charge in [0.05, 0.1) is 25.0 Å². The number of rotatable bonds is 6. The third-order valence-corrected chi connectivity index (χ3v) is 4.70. The fourth-order valence-electron chi connectivity index (χ4n) is 2.99. The topological polar surface area (TPSA) is 116 Å². The Morgan fingerprint density at radius 3 is 2.77 bits per heavy atom. The molecule has 0 radical (unpaired) electrons. The van der Waals surface area contributed by atoms with E-state index in [2.05, 4.69) is 25.3 Å². The summed E-state index contributed by atoms with van der Waals surface area (Å²) in [6, 6.07) is 0.390. The second-order valence-corrected chi connectivity index (χ2v) is 6.82. The fraction of sp³-hybridized carbons (Fsp3) is 0.389. The number of aromatic nitrogens is 2. The number of piperidine rings is 1. The van der Waals surface area contributed by atoms with Gasteiger partial charge in [-0.05, 0) is 37.6 Å². The molecule has 1 aromatic heterocycles. The normalized spacial score (nSPS) is 19.2. The van der Waals surface area contributed by atoms with Gasteiger partial charge in [0, 0.05) is 11.0 Å². The molecule has 0 spiro atoms. The van der Waals surface area contributed by atoms with Crippen LogP contribution in [0.15, 0.2) is 35.7 Å². The molecule has 2 atom stereocenters. The second kappa shape index (κ2) is 9.14. The predicted molar refractivity (Wildman–Crippen MR) is 101 cm³/mol. The third-order valence-electron chi connectivity index (χ3n) is 4.70. The zero-order chi connectivity index (χ0) is 22.6. The molecule has 164 valence electrons. The van der Waals surface area contributed by atoms with Gasteiger partial charge in [-0.3, -0.25) is 9.69 Å². The second-order valence-electron chi connectivity index (χ2n) is 6.82. The molecule has 2 aromatic rings. The molecule has 0 aliphatic carbocycles. The van der Waals surface area contributed by atoms with Crippen molar-refractivity contribution in [3.05, 3.63) is 52.7 Å². The van der Waals surface area contributed by atoms with Crippen molar-refractivity contribution in [2.45, 2.75) is 31.4 Å². The number of ether oxygens (including phenoxy) is 1. The van der Waals surface area contributed by atoms with Gasteiger partial charge in [-0.1, -0.05) is 5.11 Å². The van der Waals surface area contributed by atoms with Crippen LogP contribution in [0.1, 0.15) is 13.3 Å². The summed E-state index contributed by atoms with van der Waals surface area (Å²) in [5, 5.41) is 5.57. The molecule has 9 nitrogen and oxygen atoms in total. The van der Waals surface area contributed by atoms with E-state index in [1.807, 2.05) is 0 Å². The van der Waals surface area contributed by atoms with Crippen LogP contribution in [0.3, 0.4) is 0 Å². The van der Waals surface area contributed by atoms with Crippen molar-refractivity contribution in [1.29, 1.82) is 0 Å². The first-order chi connectivity index (χ1) is 14.7. The summed E-state index contributed by atoms with van der Waals surface area (Å²) in [6.45, 7) is 0.879. The minimum Gasteiger partial charge on any atom is -0.434 e. The highest BCUT2D eigenvalue weighted by Gasteiger charge is 2.45. The lowest BCUT2D eigenvalue weighted by molar-refractivity contribution is -0.127. The van der Waals surface area contributed by atoms with Crippen molar-refractivity contribution in [3.8, 4) is 11.6 Å². The van der Waals surface area contributed by atoms with E-state index in [1.54, 1.807) is 0 Å². The number of amides is 1. The van der Waals surface area contributed by atoms with Crippen LogP contribution < -0.4 is 10.1 Å². The number of carbonyl (C=O) groups is 1. The first kappa shape index (κ1) is 22.2. The molecule has 1 amide bonds. The highest BCUT2D eigenvalue weighted by molar-refractivity contribution is 5.93. The molecule has 1 aliphatic rings. The Kier molecular flexibility index (Phi) is 6.56. The number of likely N-dealkylation sites (tertiary alicyclic amines) is 1. The van der Waals surface area contributed by atoms with Gasteiger partial charge in [0.1, 0.15) is 11.9 Å². The van der Waals surface area contributed by atoms with Crippen LogP contribution in [0.2, 0.25) is 0 Å². The number of carbonyl (C=O) groups excluding carboxylic acids is 1. The average Bonchev–Trinajstić information content (AvgIpc) is 2.72. The largest absolute Gasteiger partial charge is 0.434 e. The minimum absolute atomic E-state index is 0.0273. The Labute approximate surface area is 173 Å². The van der Waals surface area contributed by atoms with E-state index in [9.17, 15) is 22.4 Å². The average molecular weight is 439 g/mol. The number of anilines is 1. The summed E-state index contributed by atoms with van der Waals surface area (Å²) in [4.78, 5) is 23.9. The monoisotopic (exact) mass is 439 g/mol. The number of halogens is 4. The zero-order valence-electron chi connectivity index (χ0n) is 16.2. The molecule has 1 fully saturated rings. The molecule has 1 aliphatic heterocycles. The van der Waals surface area contributed by atoms with Crippen molar-refractivity contribution < 1.29 is 27.1 Å². The van der Waals surface area contributed by atoms with Crippen molar-refractivity contribution in [1.82, 2.24) is 14.9 Å². The number of hydrogen-bond acceptors (Lipinski definition) is 6. The highest BCUT2D eigenvalue weighted by atomic mass is 19.3. The summed E-state index contributed by atoms with van der Waals surface area (Å²) in [5.74, 6) is -5.86. The summed E-state index contributed by atoms with van der Waals surface area (Å²) in [7, 11) is 0. The van der Waals surface area contributed by atoms with Crippen molar-refractivity contribution in [3.63, 3.8) is 0 Å². The number of azide groups is 1. The minimum atomic E-state index is -3.26. The number of alkyl halides is 2. The summed E-state index contributed by atoms with van der Waals surface area (Å²) in [5.41, 5.74) is 8.40. The smallest absolute Gasteiger partial charge is 0.269 e. The third kappa shape index (κ3) is 5.38. The Morgan fingerprint density at radius 1 is 1.39 bits per heavy atom.